The third kappa shape index (κ3) is 2.90. The Morgan fingerprint density at radius 1 is 1.19 bits per heavy atom. The van der Waals surface area contributed by atoms with Crippen LogP contribution in [-0.2, 0) is 11.2 Å². The number of primary amides is 1. The number of hydrogen-bond donors (Lipinski definition) is 2. The first-order valence-corrected chi connectivity index (χ1v) is 7.96. The molecule has 3 rings (SSSR count). The fraction of sp³-hybridized carbons (Fsp3) is 0.312. The lowest BCUT2D eigenvalue weighted by molar-refractivity contribution is -0.126. The largest absolute Gasteiger partial charge is 0.368 e. The summed E-state index contributed by atoms with van der Waals surface area (Å²) in [6.45, 7) is 1.09. The Morgan fingerprint density at radius 2 is 1.90 bits per heavy atom. The lowest BCUT2D eigenvalue weighted by atomic mass is 9.93. The summed E-state index contributed by atoms with van der Waals surface area (Å²) >= 11 is 1.73. The quantitative estimate of drug-likeness (QED) is 0.822. The molecule has 0 aliphatic carbocycles. The number of rotatable bonds is 5. The standard InChI is InChI=1S/C16H19N3OS/c17-15(20)16(18)10-19(11-16)21-9-8-13-6-3-5-12-4-1-2-7-14(12)13/h1-7H,8-11,18H2,(H2,17,20). The van der Waals surface area contributed by atoms with Crippen molar-refractivity contribution in [3.8, 4) is 0 Å². The molecule has 0 saturated carbocycles. The van der Waals surface area contributed by atoms with Gasteiger partial charge in [0.2, 0.25) is 5.91 Å². The first kappa shape index (κ1) is 14.4. The van der Waals surface area contributed by atoms with Crippen LogP contribution < -0.4 is 11.5 Å². The average Bonchev–Trinajstić information content (AvgIpc) is 2.45. The summed E-state index contributed by atoms with van der Waals surface area (Å²) in [7, 11) is 0. The lowest BCUT2D eigenvalue weighted by Gasteiger charge is -2.44. The SMILES string of the molecule is NC(=O)C1(N)CN(SCCc2cccc3ccccc23)C1. The molecule has 1 saturated heterocycles. The molecule has 0 bridgehead atoms. The maximum atomic E-state index is 11.2. The van der Waals surface area contributed by atoms with Crippen LogP contribution >= 0.6 is 11.9 Å². The summed E-state index contributed by atoms with van der Waals surface area (Å²) in [6.07, 6.45) is 0.997. The number of benzene rings is 2. The van der Waals surface area contributed by atoms with Gasteiger partial charge in [0.1, 0.15) is 5.54 Å². The van der Waals surface area contributed by atoms with Crippen LogP contribution in [0.4, 0.5) is 0 Å². The number of carbonyl (C=O) groups is 1. The Morgan fingerprint density at radius 3 is 2.67 bits per heavy atom. The van der Waals surface area contributed by atoms with E-state index in [2.05, 4.69) is 46.8 Å². The molecule has 4 nitrogen and oxygen atoms in total. The molecule has 1 fully saturated rings. The van der Waals surface area contributed by atoms with Crippen LogP contribution in [0, 0.1) is 0 Å². The number of fused-ring (bicyclic) bond motifs is 1. The van der Waals surface area contributed by atoms with Crippen LogP contribution in [0.3, 0.4) is 0 Å². The van der Waals surface area contributed by atoms with Crippen LogP contribution in [0.2, 0.25) is 0 Å². The maximum absolute atomic E-state index is 11.2. The summed E-state index contributed by atoms with van der Waals surface area (Å²) in [5.74, 6) is 0.566. The van der Waals surface area contributed by atoms with E-state index in [-0.39, 0.29) is 0 Å². The van der Waals surface area contributed by atoms with Gasteiger partial charge in [0.25, 0.3) is 0 Å². The van der Waals surface area contributed by atoms with Crippen molar-refractivity contribution in [2.75, 3.05) is 18.8 Å². The van der Waals surface area contributed by atoms with Gasteiger partial charge < -0.3 is 11.5 Å². The van der Waals surface area contributed by atoms with Crippen LogP contribution in [0.1, 0.15) is 5.56 Å². The molecule has 1 heterocycles. The highest BCUT2D eigenvalue weighted by atomic mass is 32.2. The molecule has 4 N–H and O–H groups in total. The van der Waals surface area contributed by atoms with Crippen LogP contribution in [0.15, 0.2) is 42.5 Å². The molecule has 21 heavy (non-hydrogen) atoms. The van der Waals surface area contributed by atoms with Gasteiger partial charge in [0.15, 0.2) is 0 Å². The minimum Gasteiger partial charge on any atom is -0.368 e. The Balaban J connectivity index is 1.55. The van der Waals surface area contributed by atoms with E-state index >= 15 is 0 Å². The van der Waals surface area contributed by atoms with E-state index in [0.29, 0.717) is 13.1 Å². The van der Waals surface area contributed by atoms with Gasteiger partial charge in [-0.05, 0) is 22.8 Å². The first-order valence-electron chi connectivity index (χ1n) is 7.02. The monoisotopic (exact) mass is 301 g/mol. The third-order valence-electron chi connectivity index (χ3n) is 3.93. The van der Waals surface area contributed by atoms with Crippen LogP contribution in [-0.4, -0.2) is 34.6 Å². The molecule has 2 aromatic carbocycles. The lowest BCUT2D eigenvalue weighted by Crippen LogP contribution is -2.71. The normalized spacial score (nSPS) is 17.6. The molecule has 0 spiro atoms. The van der Waals surface area contributed by atoms with Crippen molar-refractivity contribution in [3.63, 3.8) is 0 Å². The minimum atomic E-state index is -0.827. The van der Waals surface area contributed by atoms with E-state index in [0.717, 1.165) is 12.2 Å². The van der Waals surface area contributed by atoms with Crippen molar-refractivity contribution in [1.82, 2.24) is 4.31 Å². The van der Waals surface area contributed by atoms with Crippen molar-refractivity contribution >= 4 is 28.6 Å². The van der Waals surface area contributed by atoms with Gasteiger partial charge in [-0.15, -0.1) is 0 Å². The summed E-state index contributed by atoms with van der Waals surface area (Å²) < 4.78 is 2.11. The summed E-state index contributed by atoms with van der Waals surface area (Å²) in [5, 5.41) is 2.59. The highest BCUT2D eigenvalue weighted by Crippen LogP contribution is 2.27. The predicted octanol–water partition coefficient (Wildman–Crippen LogP) is 1.53. The molecule has 1 aliphatic heterocycles. The van der Waals surface area contributed by atoms with Crippen LogP contribution in [0.5, 0.6) is 0 Å². The smallest absolute Gasteiger partial charge is 0.240 e. The summed E-state index contributed by atoms with van der Waals surface area (Å²) in [6, 6.07) is 14.8. The van der Waals surface area contributed by atoms with Gasteiger partial charge in [-0.25, -0.2) is 4.31 Å². The number of nitrogens with zero attached hydrogens (tertiary/aromatic N) is 1. The molecule has 2 aromatic rings. The van der Waals surface area contributed by atoms with E-state index in [9.17, 15) is 4.79 Å². The number of amides is 1. The zero-order valence-corrected chi connectivity index (χ0v) is 12.6. The second-order valence-electron chi connectivity index (χ2n) is 5.54. The van der Waals surface area contributed by atoms with Gasteiger partial charge in [-0.3, -0.25) is 4.79 Å². The highest BCUT2D eigenvalue weighted by Gasteiger charge is 2.44. The van der Waals surface area contributed by atoms with Crippen molar-refractivity contribution in [3.05, 3.63) is 48.0 Å². The van der Waals surface area contributed by atoms with E-state index in [4.69, 9.17) is 11.5 Å². The van der Waals surface area contributed by atoms with Gasteiger partial charge in [-0.2, -0.15) is 0 Å². The molecule has 0 atom stereocenters. The Labute approximate surface area is 128 Å². The van der Waals surface area contributed by atoms with Crippen molar-refractivity contribution in [2.24, 2.45) is 11.5 Å². The third-order valence-corrected chi connectivity index (χ3v) is 4.94. The van der Waals surface area contributed by atoms with E-state index in [1.54, 1.807) is 11.9 Å². The van der Waals surface area contributed by atoms with E-state index in [1.165, 1.54) is 16.3 Å². The zero-order valence-electron chi connectivity index (χ0n) is 11.8. The topological polar surface area (TPSA) is 72.3 Å². The van der Waals surface area contributed by atoms with Gasteiger partial charge in [0.05, 0.1) is 0 Å². The van der Waals surface area contributed by atoms with Crippen molar-refractivity contribution in [2.45, 2.75) is 12.0 Å². The number of hydrogen-bond acceptors (Lipinski definition) is 4. The summed E-state index contributed by atoms with van der Waals surface area (Å²) in [4.78, 5) is 11.2. The number of carbonyl (C=O) groups excluding carboxylic acids is 1. The molecular formula is C16H19N3OS. The molecule has 5 heteroatoms. The highest BCUT2D eigenvalue weighted by molar-refractivity contribution is 7.97. The molecule has 1 aliphatic rings. The number of aryl methyl sites for hydroxylation is 1. The molecule has 0 unspecified atom stereocenters. The molecule has 110 valence electrons. The zero-order chi connectivity index (χ0) is 14.9. The van der Waals surface area contributed by atoms with Gasteiger partial charge in [0, 0.05) is 18.8 Å². The van der Waals surface area contributed by atoms with Gasteiger partial charge in [-0.1, -0.05) is 54.4 Å². The summed E-state index contributed by atoms with van der Waals surface area (Å²) in [5.41, 5.74) is 11.7. The van der Waals surface area contributed by atoms with Crippen LogP contribution in [0.25, 0.3) is 10.8 Å². The molecule has 1 amide bonds. The minimum absolute atomic E-state index is 0.409. The first-order chi connectivity index (χ1) is 10.1. The fourth-order valence-electron chi connectivity index (χ4n) is 2.63. The molecule has 0 aromatic heterocycles. The van der Waals surface area contributed by atoms with Crippen molar-refractivity contribution < 1.29 is 4.79 Å². The second kappa shape index (κ2) is 5.67. The van der Waals surface area contributed by atoms with Crippen molar-refractivity contribution in [1.29, 1.82) is 0 Å². The predicted molar refractivity (Wildman–Crippen MR) is 87.8 cm³/mol. The second-order valence-corrected chi connectivity index (χ2v) is 6.72. The Bertz CT molecular complexity index is 662. The fourth-order valence-corrected chi connectivity index (χ4v) is 3.84. The molecule has 0 radical (unpaired) electrons. The average molecular weight is 301 g/mol. The molecular weight excluding hydrogens is 282 g/mol. The van der Waals surface area contributed by atoms with E-state index < -0.39 is 11.4 Å². The number of nitrogens with two attached hydrogens (primary N) is 2. The Kier molecular flexibility index (Phi) is 3.89. The Hall–Kier alpha value is -1.56. The maximum Gasteiger partial charge on any atom is 0.240 e. The van der Waals surface area contributed by atoms with Gasteiger partial charge >= 0.3 is 0 Å². The van der Waals surface area contributed by atoms with E-state index in [1.807, 2.05) is 0 Å².